The molecule has 1 aromatic carbocycles. The van der Waals surface area contributed by atoms with E-state index < -0.39 is 0 Å². The second kappa shape index (κ2) is 5.56. The summed E-state index contributed by atoms with van der Waals surface area (Å²) in [5, 5.41) is 3.63. The summed E-state index contributed by atoms with van der Waals surface area (Å²) in [6.07, 6.45) is 6.83. The highest BCUT2D eigenvalue weighted by molar-refractivity contribution is 6.43. The van der Waals surface area contributed by atoms with Crippen LogP contribution in [0, 0.1) is 5.92 Å². The molecule has 0 bridgehead atoms. The van der Waals surface area contributed by atoms with Gasteiger partial charge in [0, 0.05) is 6.42 Å². The molecule has 0 aliphatic heterocycles. The van der Waals surface area contributed by atoms with Crippen molar-refractivity contribution >= 4 is 34.8 Å². The van der Waals surface area contributed by atoms with Crippen molar-refractivity contribution in [2.75, 3.05) is 5.32 Å². The second-order valence-electron chi connectivity index (χ2n) is 4.12. The van der Waals surface area contributed by atoms with Crippen LogP contribution >= 0.6 is 23.2 Å². The maximum atomic E-state index is 11.8. The van der Waals surface area contributed by atoms with Crippen molar-refractivity contribution in [2.24, 2.45) is 5.92 Å². The Morgan fingerprint density at radius 1 is 1.41 bits per heavy atom. The van der Waals surface area contributed by atoms with E-state index in [0.29, 0.717) is 28.1 Å². The highest BCUT2D eigenvalue weighted by Gasteiger charge is 2.15. The molecule has 90 valence electrons. The summed E-state index contributed by atoms with van der Waals surface area (Å²) in [6.45, 7) is 0. The quantitative estimate of drug-likeness (QED) is 0.815. The average molecular weight is 270 g/mol. The van der Waals surface area contributed by atoms with Gasteiger partial charge in [0.05, 0.1) is 15.7 Å². The van der Waals surface area contributed by atoms with Gasteiger partial charge in [0.25, 0.3) is 0 Å². The topological polar surface area (TPSA) is 29.1 Å². The Morgan fingerprint density at radius 2 is 2.24 bits per heavy atom. The number of amides is 1. The molecule has 0 saturated heterocycles. The van der Waals surface area contributed by atoms with Crippen molar-refractivity contribution in [3.63, 3.8) is 0 Å². The number of allylic oxidation sites excluding steroid dienone is 2. The van der Waals surface area contributed by atoms with Crippen LogP contribution in [-0.4, -0.2) is 5.91 Å². The van der Waals surface area contributed by atoms with E-state index in [0.717, 1.165) is 12.8 Å². The van der Waals surface area contributed by atoms with Gasteiger partial charge < -0.3 is 5.32 Å². The second-order valence-corrected chi connectivity index (χ2v) is 4.90. The average Bonchev–Trinajstić information content (AvgIpc) is 2.77. The third-order valence-electron chi connectivity index (χ3n) is 2.79. The van der Waals surface area contributed by atoms with E-state index in [9.17, 15) is 4.79 Å². The molecule has 2 nitrogen and oxygen atoms in total. The van der Waals surface area contributed by atoms with Gasteiger partial charge in [-0.05, 0) is 30.9 Å². The molecule has 1 aliphatic carbocycles. The molecule has 1 aliphatic rings. The smallest absolute Gasteiger partial charge is 0.225 e. The first-order valence-electron chi connectivity index (χ1n) is 5.57. The van der Waals surface area contributed by atoms with Crippen molar-refractivity contribution < 1.29 is 4.79 Å². The Morgan fingerprint density at radius 3 is 2.94 bits per heavy atom. The number of nitrogens with one attached hydrogen (secondary N) is 1. The number of hydrogen-bond donors (Lipinski definition) is 1. The van der Waals surface area contributed by atoms with Gasteiger partial charge in [0.1, 0.15) is 0 Å². The fourth-order valence-electron chi connectivity index (χ4n) is 1.91. The van der Waals surface area contributed by atoms with E-state index in [4.69, 9.17) is 23.2 Å². The highest BCUT2D eigenvalue weighted by atomic mass is 35.5. The Labute approximate surface area is 111 Å². The fraction of sp³-hybridized carbons (Fsp3) is 0.308. The summed E-state index contributed by atoms with van der Waals surface area (Å²) in [7, 11) is 0. The lowest BCUT2D eigenvalue weighted by Gasteiger charge is -2.10. The maximum Gasteiger partial charge on any atom is 0.225 e. The van der Waals surface area contributed by atoms with Crippen LogP contribution in [0.25, 0.3) is 0 Å². The minimum atomic E-state index is -0.0225. The van der Waals surface area contributed by atoms with Crippen molar-refractivity contribution in [2.45, 2.75) is 19.3 Å². The van der Waals surface area contributed by atoms with Crippen molar-refractivity contribution in [1.82, 2.24) is 0 Å². The zero-order valence-electron chi connectivity index (χ0n) is 9.25. The molecule has 1 N–H and O–H groups in total. The minimum absolute atomic E-state index is 0.0225. The summed E-state index contributed by atoms with van der Waals surface area (Å²) in [5.41, 5.74) is 0.575. The standard InChI is InChI=1S/C13H13Cl2NO/c14-10-6-3-7-11(13(10)15)16-12(17)8-9-4-1-2-5-9/h1,3-4,6-7,9H,2,5,8H2,(H,16,17). The highest BCUT2D eigenvalue weighted by Crippen LogP contribution is 2.30. The van der Waals surface area contributed by atoms with Crippen LogP contribution in [-0.2, 0) is 4.79 Å². The first-order chi connectivity index (χ1) is 8.16. The zero-order chi connectivity index (χ0) is 12.3. The van der Waals surface area contributed by atoms with Crippen LogP contribution in [0.15, 0.2) is 30.4 Å². The number of carbonyl (C=O) groups excluding carboxylic acids is 1. The Bertz CT molecular complexity index is 457. The molecule has 0 aromatic heterocycles. The van der Waals surface area contributed by atoms with Gasteiger partial charge in [-0.25, -0.2) is 0 Å². The van der Waals surface area contributed by atoms with E-state index in [1.807, 2.05) is 0 Å². The monoisotopic (exact) mass is 269 g/mol. The first kappa shape index (κ1) is 12.5. The van der Waals surface area contributed by atoms with Crippen LogP contribution in [0.1, 0.15) is 19.3 Å². The van der Waals surface area contributed by atoms with Crippen molar-refractivity contribution in [3.8, 4) is 0 Å². The molecule has 0 spiro atoms. The van der Waals surface area contributed by atoms with Crippen molar-refractivity contribution in [3.05, 3.63) is 40.4 Å². The molecule has 2 rings (SSSR count). The molecule has 1 aromatic rings. The van der Waals surface area contributed by atoms with Gasteiger partial charge in [-0.2, -0.15) is 0 Å². The first-order valence-corrected chi connectivity index (χ1v) is 6.33. The number of carbonyl (C=O) groups is 1. The van der Waals surface area contributed by atoms with Gasteiger partial charge in [-0.15, -0.1) is 0 Å². The van der Waals surface area contributed by atoms with Gasteiger partial charge in [0.15, 0.2) is 0 Å². The summed E-state index contributed by atoms with van der Waals surface area (Å²) in [4.78, 5) is 11.8. The molecule has 1 amide bonds. The van der Waals surface area contributed by atoms with Gasteiger partial charge in [-0.3, -0.25) is 4.79 Å². The zero-order valence-corrected chi connectivity index (χ0v) is 10.8. The Kier molecular flexibility index (Phi) is 4.08. The molecule has 0 radical (unpaired) electrons. The normalized spacial score (nSPS) is 18.4. The summed E-state index contributed by atoms with van der Waals surface area (Å²) < 4.78 is 0. The molecular formula is C13H13Cl2NO. The van der Waals surface area contributed by atoms with Crippen LogP contribution in [0.3, 0.4) is 0 Å². The van der Waals surface area contributed by atoms with Gasteiger partial charge in [-0.1, -0.05) is 41.4 Å². The van der Waals surface area contributed by atoms with Gasteiger partial charge in [0.2, 0.25) is 5.91 Å². The molecule has 0 saturated carbocycles. The van der Waals surface area contributed by atoms with Crippen molar-refractivity contribution in [1.29, 1.82) is 0 Å². The number of halogens is 2. The Hall–Kier alpha value is -0.990. The molecule has 0 fully saturated rings. The fourth-order valence-corrected chi connectivity index (χ4v) is 2.25. The van der Waals surface area contributed by atoms with E-state index in [-0.39, 0.29) is 5.91 Å². The predicted molar refractivity (Wildman–Crippen MR) is 71.6 cm³/mol. The SMILES string of the molecule is O=C(CC1C=CCC1)Nc1cccc(Cl)c1Cl. The predicted octanol–water partition coefficient (Wildman–Crippen LogP) is 4.29. The lowest BCUT2D eigenvalue weighted by molar-refractivity contribution is -0.116. The number of rotatable bonds is 3. The largest absolute Gasteiger partial charge is 0.325 e. The lowest BCUT2D eigenvalue weighted by Crippen LogP contribution is -2.15. The molecule has 1 unspecified atom stereocenters. The van der Waals surface area contributed by atoms with Gasteiger partial charge >= 0.3 is 0 Å². The molecule has 17 heavy (non-hydrogen) atoms. The summed E-state index contributed by atoms with van der Waals surface area (Å²) in [6, 6.07) is 5.20. The van der Waals surface area contributed by atoms with Crippen LogP contribution in [0.2, 0.25) is 10.0 Å². The molecule has 4 heteroatoms. The number of anilines is 1. The van der Waals surface area contributed by atoms with Crippen LogP contribution < -0.4 is 5.32 Å². The van der Waals surface area contributed by atoms with E-state index >= 15 is 0 Å². The molecular weight excluding hydrogens is 257 g/mol. The molecule has 0 heterocycles. The molecule has 1 atom stereocenters. The van der Waals surface area contributed by atoms with E-state index in [1.54, 1.807) is 18.2 Å². The summed E-state index contributed by atoms with van der Waals surface area (Å²) >= 11 is 11.9. The van der Waals surface area contributed by atoms with Crippen LogP contribution in [0.5, 0.6) is 0 Å². The van der Waals surface area contributed by atoms with E-state index in [1.165, 1.54) is 0 Å². The lowest BCUT2D eigenvalue weighted by atomic mass is 10.1. The number of hydrogen-bond acceptors (Lipinski definition) is 1. The Balaban J connectivity index is 1.98. The minimum Gasteiger partial charge on any atom is -0.325 e. The third kappa shape index (κ3) is 3.24. The van der Waals surface area contributed by atoms with E-state index in [2.05, 4.69) is 17.5 Å². The van der Waals surface area contributed by atoms with Crippen LogP contribution in [0.4, 0.5) is 5.69 Å². The number of benzene rings is 1. The summed E-state index contributed by atoms with van der Waals surface area (Å²) in [5.74, 6) is 0.332. The third-order valence-corrected chi connectivity index (χ3v) is 3.60. The maximum absolute atomic E-state index is 11.8.